The minimum atomic E-state index is -1.18. The quantitative estimate of drug-likeness (QED) is 0.313. The van der Waals surface area contributed by atoms with Crippen LogP contribution in [-0.2, 0) is 4.79 Å². The molecule has 1 atom stereocenters. The molecule has 186 valence electrons. The summed E-state index contributed by atoms with van der Waals surface area (Å²) in [6.45, 7) is 5.46. The van der Waals surface area contributed by atoms with Crippen LogP contribution in [0.3, 0.4) is 0 Å². The molecule has 3 amide bonds. The van der Waals surface area contributed by atoms with Gasteiger partial charge in [-0.1, -0.05) is 18.2 Å². The molecule has 0 saturated heterocycles. The zero-order valence-corrected chi connectivity index (χ0v) is 20.7. The number of aromatic amines is 1. The van der Waals surface area contributed by atoms with E-state index in [0.717, 1.165) is 10.9 Å². The first-order chi connectivity index (χ1) is 17.0. The van der Waals surface area contributed by atoms with Gasteiger partial charge in [0.25, 0.3) is 11.8 Å². The van der Waals surface area contributed by atoms with Gasteiger partial charge in [-0.05, 0) is 62.6 Å². The number of primary amides is 1. The van der Waals surface area contributed by atoms with Gasteiger partial charge in [0, 0.05) is 33.9 Å². The number of H-pyrrole nitrogens is 1. The Labute approximate surface area is 210 Å². The van der Waals surface area contributed by atoms with Crippen molar-refractivity contribution in [2.24, 2.45) is 5.73 Å². The Balaban J connectivity index is 1.95. The first-order valence-electron chi connectivity index (χ1n) is 11.0. The lowest BCUT2D eigenvalue weighted by Crippen LogP contribution is -2.49. The van der Waals surface area contributed by atoms with Gasteiger partial charge in [0.15, 0.2) is 5.69 Å². The minimum absolute atomic E-state index is 0.0680. The van der Waals surface area contributed by atoms with Crippen molar-refractivity contribution < 1.29 is 18.8 Å². The maximum atomic E-state index is 14.0. The van der Waals surface area contributed by atoms with Gasteiger partial charge in [0.2, 0.25) is 5.91 Å². The number of halogens is 1. The first kappa shape index (κ1) is 24.9. The third kappa shape index (κ3) is 4.78. The number of nitrogen functional groups attached to an aromatic ring is 1. The van der Waals surface area contributed by atoms with Crippen LogP contribution in [0.4, 0.5) is 15.8 Å². The van der Waals surface area contributed by atoms with Crippen LogP contribution in [0.2, 0.25) is 0 Å². The number of anilines is 2. The van der Waals surface area contributed by atoms with Gasteiger partial charge in [-0.25, -0.2) is 4.39 Å². The summed E-state index contributed by atoms with van der Waals surface area (Å²) in [5.74, 6) is -2.55. The molecule has 2 aromatic carbocycles. The summed E-state index contributed by atoms with van der Waals surface area (Å²) >= 11 is 0.701. The largest absolute Gasteiger partial charge is 0.395 e. The number of nitrogens with one attached hydrogen (secondary N) is 2. The van der Waals surface area contributed by atoms with Crippen LogP contribution in [0.15, 0.2) is 54.7 Å². The molecule has 0 aliphatic carbocycles. The van der Waals surface area contributed by atoms with Gasteiger partial charge >= 0.3 is 0 Å². The predicted molar refractivity (Wildman–Crippen MR) is 137 cm³/mol. The number of nitrogens with zero attached hydrogens (tertiary/aromatic N) is 2. The molecule has 2 aromatic heterocycles. The highest BCUT2D eigenvalue weighted by molar-refractivity contribution is 7.09. The van der Waals surface area contributed by atoms with Gasteiger partial charge in [0.1, 0.15) is 16.7 Å². The number of rotatable bonds is 6. The molecule has 0 saturated carbocycles. The van der Waals surface area contributed by atoms with Crippen molar-refractivity contribution in [3.8, 4) is 0 Å². The number of nitrogens with two attached hydrogens (primary N) is 2. The molecule has 9 nitrogen and oxygen atoms in total. The normalized spacial score (nSPS) is 12.3. The lowest BCUT2D eigenvalue weighted by Gasteiger charge is -2.33. The molecular weight excluding hydrogens is 483 g/mol. The topological polar surface area (TPSA) is 147 Å². The first-order valence-corrected chi connectivity index (χ1v) is 11.8. The Morgan fingerprint density at radius 1 is 1.11 bits per heavy atom. The SMILES string of the molecule is CC(C)(C)NC(=O)[C@H](c1c[nH]c2ccccc12)N(C(=O)c1snc(C(N)=O)c1N)c1ccc(F)cc1. The standard InChI is InChI=1S/C25H25FN6O3S/c1-25(2,3)30-23(34)20(16-12-29-17-7-5-4-6-15(16)17)32(14-10-8-13(26)9-11-14)24(35)21-18(27)19(22(28)33)31-36-21/h4-12,20,29H,27H2,1-3H3,(H2,28,33)(H,30,34)/t20-/m0/s1. The number of para-hydroxylation sites is 1. The van der Waals surface area contributed by atoms with E-state index in [1.54, 1.807) is 6.20 Å². The van der Waals surface area contributed by atoms with Crippen LogP contribution in [0.25, 0.3) is 10.9 Å². The van der Waals surface area contributed by atoms with E-state index in [4.69, 9.17) is 11.5 Å². The maximum absolute atomic E-state index is 14.0. The fourth-order valence-electron chi connectivity index (χ4n) is 3.88. The van der Waals surface area contributed by atoms with E-state index < -0.39 is 35.1 Å². The smallest absolute Gasteiger partial charge is 0.273 e. The molecule has 6 N–H and O–H groups in total. The molecule has 4 rings (SSSR count). The highest BCUT2D eigenvalue weighted by Gasteiger charge is 2.38. The van der Waals surface area contributed by atoms with E-state index in [2.05, 4.69) is 14.7 Å². The molecule has 4 aromatic rings. The molecule has 0 bridgehead atoms. The fraction of sp³-hybridized carbons (Fsp3) is 0.200. The van der Waals surface area contributed by atoms with Gasteiger partial charge < -0.3 is 21.8 Å². The summed E-state index contributed by atoms with van der Waals surface area (Å²) in [6, 6.07) is 11.3. The highest BCUT2D eigenvalue weighted by atomic mass is 32.1. The van der Waals surface area contributed by atoms with Crippen molar-refractivity contribution in [3.63, 3.8) is 0 Å². The number of fused-ring (bicyclic) bond motifs is 1. The van der Waals surface area contributed by atoms with Crippen molar-refractivity contribution in [3.05, 3.63) is 76.7 Å². The van der Waals surface area contributed by atoms with Crippen molar-refractivity contribution in [1.29, 1.82) is 0 Å². The Morgan fingerprint density at radius 2 is 1.78 bits per heavy atom. The van der Waals surface area contributed by atoms with Gasteiger partial charge in [-0.2, -0.15) is 4.37 Å². The summed E-state index contributed by atoms with van der Waals surface area (Å²) in [6.07, 6.45) is 1.66. The number of amides is 3. The molecule has 11 heteroatoms. The number of carbonyl (C=O) groups is 3. The lowest BCUT2D eigenvalue weighted by molar-refractivity contribution is -0.123. The van der Waals surface area contributed by atoms with Crippen molar-refractivity contribution in [1.82, 2.24) is 14.7 Å². The van der Waals surface area contributed by atoms with E-state index in [1.807, 2.05) is 45.0 Å². The molecule has 0 aliphatic heterocycles. The molecule has 0 spiro atoms. The second-order valence-electron chi connectivity index (χ2n) is 9.22. The molecular formula is C25H25FN6O3S. The summed E-state index contributed by atoms with van der Waals surface area (Å²) in [7, 11) is 0. The Morgan fingerprint density at radius 3 is 2.39 bits per heavy atom. The van der Waals surface area contributed by atoms with E-state index in [-0.39, 0.29) is 21.9 Å². The van der Waals surface area contributed by atoms with Crippen LogP contribution >= 0.6 is 11.5 Å². The van der Waals surface area contributed by atoms with Gasteiger partial charge in [-0.15, -0.1) is 0 Å². The van der Waals surface area contributed by atoms with Crippen LogP contribution in [0, 0.1) is 5.82 Å². The monoisotopic (exact) mass is 508 g/mol. The molecule has 2 heterocycles. The highest BCUT2D eigenvalue weighted by Crippen LogP contribution is 2.36. The number of carbonyl (C=O) groups excluding carboxylic acids is 3. The van der Waals surface area contributed by atoms with Crippen molar-refractivity contribution in [2.45, 2.75) is 32.4 Å². The minimum Gasteiger partial charge on any atom is -0.395 e. The molecule has 0 radical (unpaired) electrons. The second-order valence-corrected chi connectivity index (χ2v) is 9.99. The van der Waals surface area contributed by atoms with Crippen LogP contribution < -0.4 is 21.7 Å². The average Bonchev–Trinajstić information content (AvgIpc) is 3.40. The van der Waals surface area contributed by atoms with Gasteiger partial charge in [-0.3, -0.25) is 19.3 Å². The van der Waals surface area contributed by atoms with Crippen molar-refractivity contribution in [2.75, 3.05) is 10.6 Å². The zero-order chi connectivity index (χ0) is 26.2. The molecule has 0 unspecified atom stereocenters. The van der Waals surface area contributed by atoms with E-state index in [1.165, 1.54) is 29.2 Å². The lowest BCUT2D eigenvalue weighted by atomic mass is 9.99. The number of benzene rings is 2. The second kappa shape index (κ2) is 9.42. The Kier molecular flexibility index (Phi) is 6.51. The number of hydrogen-bond donors (Lipinski definition) is 4. The Bertz CT molecular complexity index is 1450. The fourth-order valence-corrected chi connectivity index (χ4v) is 4.62. The van der Waals surface area contributed by atoms with Crippen LogP contribution in [0.1, 0.15) is 52.5 Å². The summed E-state index contributed by atoms with van der Waals surface area (Å²) in [5, 5.41) is 3.66. The molecule has 0 fully saturated rings. The zero-order valence-electron chi connectivity index (χ0n) is 19.8. The van der Waals surface area contributed by atoms with Gasteiger partial charge in [0.05, 0.1) is 5.69 Å². The average molecular weight is 509 g/mol. The van der Waals surface area contributed by atoms with E-state index in [9.17, 15) is 18.8 Å². The number of hydrogen-bond acceptors (Lipinski definition) is 6. The Hall–Kier alpha value is -4.25. The third-order valence-corrected chi connectivity index (χ3v) is 6.25. The summed E-state index contributed by atoms with van der Waals surface area (Å²) in [5.41, 5.74) is 11.9. The summed E-state index contributed by atoms with van der Waals surface area (Å²) < 4.78 is 17.8. The predicted octanol–water partition coefficient (Wildman–Crippen LogP) is 3.75. The van der Waals surface area contributed by atoms with E-state index >= 15 is 0 Å². The third-order valence-electron chi connectivity index (χ3n) is 5.40. The molecule has 0 aliphatic rings. The number of aromatic nitrogens is 2. The van der Waals surface area contributed by atoms with Crippen molar-refractivity contribution >= 4 is 51.5 Å². The van der Waals surface area contributed by atoms with Crippen LogP contribution in [0.5, 0.6) is 0 Å². The maximum Gasteiger partial charge on any atom is 0.273 e. The summed E-state index contributed by atoms with van der Waals surface area (Å²) in [4.78, 5) is 43.8. The van der Waals surface area contributed by atoms with Crippen LogP contribution in [-0.4, -0.2) is 32.6 Å². The van der Waals surface area contributed by atoms with E-state index in [0.29, 0.717) is 17.1 Å². The molecule has 36 heavy (non-hydrogen) atoms.